The van der Waals surface area contributed by atoms with E-state index in [2.05, 4.69) is 20.5 Å². The predicted molar refractivity (Wildman–Crippen MR) is 177 cm³/mol. The Morgan fingerprint density at radius 3 is 2.34 bits per heavy atom. The average Bonchev–Trinajstić information content (AvgIpc) is 3.01. The number of benzene rings is 2. The van der Waals surface area contributed by atoms with Crippen molar-refractivity contribution in [3.63, 3.8) is 0 Å². The summed E-state index contributed by atoms with van der Waals surface area (Å²) in [6.45, 7) is 3.87. The van der Waals surface area contributed by atoms with Gasteiger partial charge in [0, 0.05) is 41.2 Å². The molecule has 0 unspecified atom stereocenters. The second-order valence-corrected chi connectivity index (χ2v) is 11.2. The molecule has 2 aromatic heterocycles. The van der Waals surface area contributed by atoms with Crippen molar-refractivity contribution in [3.8, 4) is 16.9 Å². The molecular weight excluding hydrogens is 625 g/mol. The largest absolute Gasteiger partial charge is 0.506 e. The van der Waals surface area contributed by atoms with Crippen LogP contribution in [0.1, 0.15) is 46.4 Å². The molecule has 2 amide bonds. The highest BCUT2D eigenvalue weighted by atomic mass is 35.5. The number of anilines is 2. The first-order chi connectivity index (χ1) is 20.8. The third kappa shape index (κ3) is 8.18. The first-order valence-electron chi connectivity index (χ1n) is 14.1. The number of hydrogen-bond donors (Lipinski definition) is 3. The molecule has 0 spiro atoms. The topological polar surface area (TPSA) is 117 Å². The normalized spacial score (nSPS) is 13.1. The lowest BCUT2D eigenvalue weighted by Gasteiger charge is -2.26. The molecule has 0 atom stereocenters. The van der Waals surface area contributed by atoms with E-state index in [9.17, 15) is 19.5 Å². The van der Waals surface area contributed by atoms with Crippen molar-refractivity contribution in [2.45, 2.75) is 32.2 Å². The minimum absolute atomic E-state index is 0. The molecule has 230 valence electrons. The Labute approximate surface area is 271 Å². The molecule has 0 saturated carbocycles. The van der Waals surface area contributed by atoms with Crippen LogP contribution in [-0.4, -0.2) is 51.0 Å². The van der Waals surface area contributed by atoms with Crippen molar-refractivity contribution >= 4 is 58.9 Å². The number of piperidine rings is 1. The van der Waals surface area contributed by atoms with Gasteiger partial charge in [-0.25, -0.2) is 4.98 Å². The van der Waals surface area contributed by atoms with Crippen molar-refractivity contribution in [1.82, 2.24) is 14.5 Å². The molecule has 4 aromatic rings. The van der Waals surface area contributed by atoms with Gasteiger partial charge in [0.15, 0.2) is 0 Å². The maximum Gasteiger partial charge on any atom is 0.259 e. The molecule has 9 nitrogen and oxygen atoms in total. The Morgan fingerprint density at radius 1 is 0.886 bits per heavy atom. The van der Waals surface area contributed by atoms with Gasteiger partial charge in [0.2, 0.25) is 0 Å². The lowest BCUT2D eigenvalue weighted by Crippen LogP contribution is -2.31. The van der Waals surface area contributed by atoms with E-state index in [1.165, 1.54) is 43.7 Å². The fourth-order valence-electron chi connectivity index (χ4n) is 5.10. The minimum Gasteiger partial charge on any atom is -0.506 e. The van der Waals surface area contributed by atoms with Gasteiger partial charge in [-0.2, -0.15) is 0 Å². The molecule has 0 aliphatic carbocycles. The second kappa shape index (κ2) is 15.2. The summed E-state index contributed by atoms with van der Waals surface area (Å²) in [4.78, 5) is 45.9. The summed E-state index contributed by atoms with van der Waals surface area (Å²) in [6.07, 6.45) is 7.85. The Balaban J connectivity index is 0.00000442. The van der Waals surface area contributed by atoms with E-state index >= 15 is 0 Å². The fourth-order valence-corrected chi connectivity index (χ4v) is 5.43. The molecule has 1 fully saturated rings. The summed E-state index contributed by atoms with van der Waals surface area (Å²) in [5.41, 5.74) is 1.23. The molecule has 5 rings (SSSR count). The van der Waals surface area contributed by atoms with Gasteiger partial charge in [0.1, 0.15) is 11.6 Å². The number of aromatic nitrogens is 2. The van der Waals surface area contributed by atoms with Crippen LogP contribution in [0.4, 0.5) is 11.5 Å². The number of phenols is 1. The van der Waals surface area contributed by atoms with E-state index in [0.717, 1.165) is 26.1 Å². The van der Waals surface area contributed by atoms with Gasteiger partial charge in [0.25, 0.3) is 17.4 Å². The standard InChI is InChI=1S/C32H31Cl2N5O4.ClH/c33-23-11-12-28(35-20-23)36-31(42)26-18-24(34)19-27(40)29(26)37-30(41)22-9-7-21(8-10-22)25-6-4-16-39(32(25)43)17-5-15-38-13-2-1-3-14-38;/h4,6-12,16,18-20,40H,1-3,5,13-15,17H2,(H,37,41)(H,35,36,42);1H. The molecular formula is C32H32Cl3N5O4. The van der Waals surface area contributed by atoms with E-state index in [4.69, 9.17) is 23.2 Å². The highest BCUT2D eigenvalue weighted by molar-refractivity contribution is 6.32. The van der Waals surface area contributed by atoms with Crippen molar-refractivity contribution < 1.29 is 14.7 Å². The number of nitrogens with zero attached hydrogens (tertiary/aromatic N) is 3. The number of halogens is 3. The molecule has 44 heavy (non-hydrogen) atoms. The minimum atomic E-state index is -0.644. The molecule has 12 heteroatoms. The first kappa shape index (κ1) is 33.0. The number of rotatable bonds is 9. The van der Waals surface area contributed by atoms with Crippen molar-refractivity contribution in [3.05, 3.63) is 105 Å². The zero-order valence-corrected chi connectivity index (χ0v) is 26.1. The Morgan fingerprint density at radius 2 is 1.64 bits per heavy atom. The van der Waals surface area contributed by atoms with Crippen LogP contribution in [0.2, 0.25) is 10.0 Å². The van der Waals surface area contributed by atoms with Gasteiger partial charge in [-0.05, 0) is 86.9 Å². The Kier molecular flexibility index (Phi) is 11.4. The Bertz CT molecular complexity index is 1670. The van der Waals surface area contributed by atoms with Crippen LogP contribution in [0, 0.1) is 0 Å². The number of carbonyl (C=O) groups is 2. The Hall–Kier alpha value is -3.89. The van der Waals surface area contributed by atoms with Gasteiger partial charge in [-0.15, -0.1) is 12.4 Å². The highest BCUT2D eigenvalue weighted by Gasteiger charge is 2.20. The number of phenolic OH excluding ortho intramolecular Hbond substituents is 1. The van der Waals surface area contributed by atoms with Gasteiger partial charge in [-0.1, -0.05) is 41.8 Å². The summed E-state index contributed by atoms with van der Waals surface area (Å²) in [7, 11) is 0. The van der Waals surface area contributed by atoms with E-state index < -0.39 is 11.8 Å². The van der Waals surface area contributed by atoms with Crippen LogP contribution in [0.25, 0.3) is 11.1 Å². The molecule has 1 saturated heterocycles. The number of nitrogens with one attached hydrogen (secondary N) is 2. The van der Waals surface area contributed by atoms with Gasteiger partial charge >= 0.3 is 0 Å². The third-order valence-electron chi connectivity index (χ3n) is 7.33. The quantitative estimate of drug-likeness (QED) is 0.172. The van der Waals surface area contributed by atoms with Crippen molar-refractivity contribution in [1.29, 1.82) is 0 Å². The van der Waals surface area contributed by atoms with Crippen LogP contribution in [-0.2, 0) is 6.54 Å². The van der Waals surface area contributed by atoms with Crippen molar-refractivity contribution in [2.24, 2.45) is 0 Å². The molecule has 0 radical (unpaired) electrons. The SMILES string of the molecule is Cl.O=C(Nc1c(O)cc(Cl)cc1C(=O)Nc1ccc(Cl)cn1)c1ccc(-c2cccn(CCCN3CCCCC3)c2=O)cc1. The van der Waals surface area contributed by atoms with Crippen LogP contribution in [0.15, 0.2) is 77.9 Å². The van der Waals surface area contributed by atoms with Gasteiger partial charge < -0.3 is 25.2 Å². The smallest absolute Gasteiger partial charge is 0.259 e. The number of carbonyl (C=O) groups excluding carboxylic acids is 2. The summed E-state index contributed by atoms with van der Waals surface area (Å²) in [5.74, 6) is -1.36. The van der Waals surface area contributed by atoms with Crippen LogP contribution in [0.3, 0.4) is 0 Å². The molecule has 1 aliphatic rings. The van der Waals surface area contributed by atoms with Crippen molar-refractivity contribution in [2.75, 3.05) is 30.3 Å². The summed E-state index contributed by atoms with van der Waals surface area (Å²) in [5, 5.41) is 16.3. The van der Waals surface area contributed by atoms with E-state index in [1.54, 1.807) is 47.2 Å². The lowest BCUT2D eigenvalue weighted by molar-refractivity contribution is 0.102. The van der Waals surface area contributed by atoms with Gasteiger partial charge in [0.05, 0.1) is 16.3 Å². The number of aryl methyl sites for hydroxylation is 1. The van der Waals surface area contributed by atoms with Crippen LogP contribution in [0.5, 0.6) is 5.75 Å². The fraction of sp³-hybridized carbons (Fsp3) is 0.250. The first-order valence-corrected chi connectivity index (χ1v) is 14.8. The summed E-state index contributed by atoms with van der Waals surface area (Å²) in [6, 6.07) is 15.8. The molecule has 3 heterocycles. The summed E-state index contributed by atoms with van der Waals surface area (Å²) < 4.78 is 1.73. The number of pyridine rings is 2. The molecule has 1 aliphatic heterocycles. The lowest BCUT2D eigenvalue weighted by atomic mass is 10.0. The van der Waals surface area contributed by atoms with E-state index in [-0.39, 0.29) is 51.4 Å². The van der Waals surface area contributed by atoms with Gasteiger partial charge in [-0.3, -0.25) is 14.4 Å². The average molecular weight is 657 g/mol. The number of likely N-dealkylation sites (tertiary alicyclic amines) is 1. The monoisotopic (exact) mass is 655 g/mol. The molecule has 3 N–H and O–H groups in total. The second-order valence-electron chi connectivity index (χ2n) is 10.4. The molecule has 2 aromatic carbocycles. The van der Waals surface area contributed by atoms with Crippen LogP contribution >= 0.6 is 35.6 Å². The summed E-state index contributed by atoms with van der Waals surface area (Å²) >= 11 is 11.9. The number of aromatic hydroxyl groups is 1. The number of amides is 2. The zero-order chi connectivity index (χ0) is 30.3. The number of hydrogen-bond acceptors (Lipinski definition) is 6. The predicted octanol–water partition coefficient (Wildman–Crippen LogP) is 6.73. The molecule has 0 bridgehead atoms. The van der Waals surface area contributed by atoms with E-state index in [0.29, 0.717) is 22.7 Å². The maximum atomic E-state index is 13.2. The zero-order valence-electron chi connectivity index (χ0n) is 23.8. The maximum absolute atomic E-state index is 13.2. The third-order valence-corrected chi connectivity index (χ3v) is 7.78. The van der Waals surface area contributed by atoms with E-state index in [1.807, 2.05) is 6.07 Å². The highest BCUT2D eigenvalue weighted by Crippen LogP contribution is 2.33. The van der Waals surface area contributed by atoms with Crippen LogP contribution < -0.4 is 16.2 Å².